The van der Waals surface area contributed by atoms with Crippen LogP contribution in [0.25, 0.3) is 0 Å². The van der Waals surface area contributed by atoms with Gasteiger partial charge in [-0.1, -0.05) is 6.92 Å². The zero-order valence-corrected chi connectivity index (χ0v) is 13.7. The molecule has 7 nitrogen and oxygen atoms in total. The molecular weight excluding hydrogens is 335 g/mol. The number of hydrogen-bond donors (Lipinski definition) is 1. The molecule has 10 heteroatoms. The van der Waals surface area contributed by atoms with Crippen LogP contribution < -0.4 is 15.5 Å². The zero-order chi connectivity index (χ0) is 18.0. The van der Waals surface area contributed by atoms with Crippen molar-refractivity contribution in [2.45, 2.75) is 19.5 Å². The smallest absolute Gasteiger partial charge is 0.384 e. The van der Waals surface area contributed by atoms with E-state index in [1.54, 1.807) is 11.0 Å². The van der Waals surface area contributed by atoms with Crippen LogP contribution >= 0.6 is 0 Å². The second-order valence-electron chi connectivity index (χ2n) is 5.65. The van der Waals surface area contributed by atoms with Gasteiger partial charge >= 0.3 is 6.18 Å². The van der Waals surface area contributed by atoms with E-state index in [-0.39, 0.29) is 5.82 Å². The topological polar surface area (TPSA) is 84.1 Å². The van der Waals surface area contributed by atoms with E-state index in [0.29, 0.717) is 44.2 Å². The molecule has 3 heterocycles. The standard InChI is InChI=1S/C15H18F3N7/c1-2-12-22-11(19)8-14(23-12)25-5-3-24(4-6-25)13-7-10(15(16,17)18)20-9-21-13/h7-9H,2-6H2,1H3,(H2,19,22,23). The van der Waals surface area contributed by atoms with Gasteiger partial charge in [0.15, 0.2) is 0 Å². The first kappa shape index (κ1) is 17.2. The molecular formula is C15H18F3N7. The van der Waals surface area contributed by atoms with Crippen LogP contribution in [0.4, 0.5) is 30.6 Å². The molecule has 2 aromatic rings. The van der Waals surface area contributed by atoms with E-state index in [9.17, 15) is 13.2 Å². The third kappa shape index (κ3) is 3.89. The molecule has 0 amide bonds. The molecule has 0 unspecified atom stereocenters. The van der Waals surface area contributed by atoms with Gasteiger partial charge in [0, 0.05) is 44.7 Å². The highest BCUT2D eigenvalue weighted by Crippen LogP contribution is 2.29. The molecule has 134 valence electrons. The maximum atomic E-state index is 12.8. The Balaban J connectivity index is 1.71. The van der Waals surface area contributed by atoms with Gasteiger partial charge < -0.3 is 15.5 Å². The maximum Gasteiger partial charge on any atom is 0.433 e. The monoisotopic (exact) mass is 353 g/mol. The highest BCUT2D eigenvalue weighted by molar-refractivity contribution is 5.49. The summed E-state index contributed by atoms with van der Waals surface area (Å²) >= 11 is 0. The molecule has 1 saturated heterocycles. The molecule has 0 bridgehead atoms. The molecule has 0 spiro atoms. The summed E-state index contributed by atoms with van der Waals surface area (Å²) in [6.07, 6.45) is -2.85. The van der Waals surface area contributed by atoms with Crippen LogP contribution in [-0.2, 0) is 12.6 Å². The molecule has 1 aliphatic rings. The number of anilines is 3. The van der Waals surface area contributed by atoms with Crippen molar-refractivity contribution in [2.24, 2.45) is 0 Å². The quantitative estimate of drug-likeness (QED) is 0.900. The minimum absolute atomic E-state index is 0.276. The molecule has 0 atom stereocenters. The maximum absolute atomic E-state index is 12.8. The first-order valence-electron chi connectivity index (χ1n) is 7.89. The molecule has 0 radical (unpaired) electrons. The fourth-order valence-corrected chi connectivity index (χ4v) is 2.66. The number of hydrogen-bond acceptors (Lipinski definition) is 7. The SMILES string of the molecule is CCc1nc(N)cc(N2CCN(c3cc(C(F)(F)F)ncn3)CC2)n1. The predicted molar refractivity (Wildman–Crippen MR) is 87.3 cm³/mol. The zero-order valence-electron chi connectivity index (χ0n) is 13.7. The molecule has 1 aliphatic heterocycles. The number of nitrogens with zero attached hydrogens (tertiary/aromatic N) is 6. The first-order valence-corrected chi connectivity index (χ1v) is 7.89. The van der Waals surface area contributed by atoms with Gasteiger partial charge in [-0.15, -0.1) is 0 Å². The van der Waals surface area contributed by atoms with Crippen molar-refractivity contribution in [1.82, 2.24) is 19.9 Å². The number of nitrogens with two attached hydrogens (primary N) is 1. The van der Waals surface area contributed by atoms with Crippen LogP contribution in [0.1, 0.15) is 18.4 Å². The Morgan fingerprint density at radius 2 is 1.64 bits per heavy atom. The van der Waals surface area contributed by atoms with Crippen molar-refractivity contribution in [1.29, 1.82) is 0 Å². The normalized spacial score (nSPS) is 15.5. The van der Waals surface area contributed by atoms with Crippen LogP contribution in [0.5, 0.6) is 0 Å². The van der Waals surface area contributed by atoms with Crippen LogP contribution in [-0.4, -0.2) is 46.1 Å². The third-order valence-electron chi connectivity index (χ3n) is 3.97. The number of aromatic nitrogens is 4. The molecule has 0 aliphatic carbocycles. The lowest BCUT2D eigenvalue weighted by molar-refractivity contribution is -0.141. The summed E-state index contributed by atoms with van der Waals surface area (Å²) in [4.78, 5) is 19.7. The summed E-state index contributed by atoms with van der Waals surface area (Å²) in [7, 11) is 0. The lowest BCUT2D eigenvalue weighted by Gasteiger charge is -2.36. The Morgan fingerprint density at radius 3 is 2.24 bits per heavy atom. The number of piperazine rings is 1. The van der Waals surface area contributed by atoms with Gasteiger partial charge in [0.25, 0.3) is 0 Å². The van der Waals surface area contributed by atoms with Crippen molar-refractivity contribution in [3.8, 4) is 0 Å². The van der Waals surface area contributed by atoms with Crippen LogP contribution in [0.2, 0.25) is 0 Å². The van der Waals surface area contributed by atoms with Crippen molar-refractivity contribution < 1.29 is 13.2 Å². The number of rotatable bonds is 3. The lowest BCUT2D eigenvalue weighted by atomic mass is 10.3. The molecule has 25 heavy (non-hydrogen) atoms. The van der Waals surface area contributed by atoms with Crippen molar-refractivity contribution in [2.75, 3.05) is 41.7 Å². The fourth-order valence-electron chi connectivity index (χ4n) is 2.66. The van der Waals surface area contributed by atoms with E-state index in [1.807, 2.05) is 11.8 Å². The van der Waals surface area contributed by atoms with Crippen LogP contribution in [0, 0.1) is 0 Å². The van der Waals surface area contributed by atoms with E-state index in [1.165, 1.54) is 0 Å². The average molecular weight is 353 g/mol. The molecule has 2 aromatic heterocycles. The highest BCUT2D eigenvalue weighted by atomic mass is 19.4. The molecule has 3 rings (SSSR count). The van der Waals surface area contributed by atoms with Gasteiger partial charge in [-0.25, -0.2) is 19.9 Å². The van der Waals surface area contributed by atoms with Crippen LogP contribution in [0.15, 0.2) is 18.5 Å². The first-order chi connectivity index (χ1) is 11.9. The van der Waals surface area contributed by atoms with Crippen molar-refractivity contribution in [3.63, 3.8) is 0 Å². The summed E-state index contributed by atoms with van der Waals surface area (Å²) in [5.41, 5.74) is 4.87. The predicted octanol–water partition coefficient (Wildman–Crippen LogP) is 1.76. The van der Waals surface area contributed by atoms with Gasteiger partial charge in [0.05, 0.1) is 0 Å². The minimum Gasteiger partial charge on any atom is -0.384 e. The number of nitrogen functional groups attached to an aromatic ring is 1. The minimum atomic E-state index is -4.48. The van der Waals surface area contributed by atoms with E-state index >= 15 is 0 Å². The van der Waals surface area contributed by atoms with Gasteiger partial charge in [-0.2, -0.15) is 13.2 Å². The largest absolute Gasteiger partial charge is 0.433 e. The van der Waals surface area contributed by atoms with E-state index in [4.69, 9.17) is 5.73 Å². The van der Waals surface area contributed by atoms with Gasteiger partial charge in [-0.3, -0.25) is 0 Å². The third-order valence-corrected chi connectivity index (χ3v) is 3.97. The summed E-state index contributed by atoms with van der Waals surface area (Å²) in [5.74, 6) is 2.10. The van der Waals surface area contributed by atoms with E-state index < -0.39 is 11.9 Å². The molecule has 1 fully saturated rings. The van der Waals surface area contributed by atoms with Crippen molar-refractivity contribution >= 4 is 17.5 Å². The second-order valence-corrected chi connectivity index (χ2v) is 5.65. The Kier molecular flexibility index (Phi) is 4.60. The lowest BCUT2D eigenvalue weighted by Crippen LogP contribution is -2.47. The Hall–Kier alpha value is -2.65. The number of alkyl halides is 3. The summed E-state index contributed by atoms with van der Waals surface area (Å²) < 4.78 is 38.4. The van der Waals surface area contributed by atoms with Gasteiger partial charge in [-0.05, 0) is 0 Å². The fraction of sp³-hybridized carbons (Fsp3) is 0.467. The Morgan fingerprint density at radius 1 is 1.00 bits per heavy atom. The molecule has 2 N–H and O–H groups in total. The Bertz CT molecular complexity index is 742. The Labute approximate surface area is 142 Å². The van der Waals surface area contributed by atoms with E-state index in [0.717, 1.165) is 18.2 Å². The van der Waals surface area contributed by atoms with Crippen molar-refractivity contribution in [3.05, 3.63) is 30.0 Å². The van der Waals surface area contributed by atoms with Gasteiger partial charge in [0.1, 0.15) is 35.3 Å². The summed E-state index contributed by atoms with van der Waals surface area (Å²) in [5, 5.41) is 0. The van der Waals surface area contributed by atoms with Crippen LogP contribution in [0.3, 0.4) is 0 Å². The average Bonchev–Trinajstić information content (AvgIpc) is 2.60. The summed E-state index contributed by atoms with van der Waals surface area (Å²) in [6, 6.07) is 2.69. The molecule has 0 saturated carbocycles. The number of halogens is 3. The highest BCUT2D eigenvalue weighted by Gasteiger charge is 2.33. The summed E-state index contributed by atoms with van der Waals surface area (Å²) in [6.45, 7) is 4.21. The van der Waals surface area contributed by atoms with E-state index in [2.05, 4.69) is 19.9 Å². The second kappa shape index (κ2) is 6.69. The number of aryl methyl sites for hydroxylation is 1. The molecule has 0 aromatic carbocycles. The van der Waals surface area contributed by atoms with Gasteiger partial charge in [0.2, 0.25) is 0 Å².